The lowest BCUT2D eigenvalue weighted by molar-refractivity contribution is 0.335. The topological polar surface area (TPSA) is 9.23 Å². The van der Waals surface area contributed by atoms with Gasteiger partial charge in [0, 0.05) is 5.41 Å². The van der Waals surface area contributed by atoms with Crippen LogP contribution < -0.4 is 4.74 Å². The fourth-order valence-corrected chi connectivity index (χ4v) is 3.88. The summed E-state index contributed by atoms with van der Waals surface area (Å²) in [6.07, 6.45) is 6.52. The second kappa shape index (κ2) is 6.56. The molecule has 0 aliphatic heterocycles. The molecule has 2 aromatic carbocycles. The molecule has 0 aromatic heterocycles. The first-order valence-corrected chi connectivity index (χ1v) is 8.55. The lowest BCUT2D eigenvalue weighted by atomic mass is 9.65. The Morgan fingerprint density at radius 2 is 1.64 bits per heavy atom. The fraction of sp³-hybridized carbons (Fsp3) is 0.429. The van der Waals surface area contributed by atoms with E-state index in [1.165, 1.54) is 48.8 Å². The largest absolute Gasteiger partial charge is 0.494 e. The van der Waals surface area contributed by atoms with Crippen molar-refractivity contribution in [2.45, 2.75) is 51.4 Å². The highest BCUT2D eigenvalue weighted by Crippen LogP contribution is 2.45. The molecule has 3 rings (SSSR count). The first-order valence-electron chi connectivity index (χ1n) is 8.55. The van der Waals surface area contributed by atoms with Crippen LogP contribution in [0.4, 0.5) is 0 Å². The molecule has 0 heterocycles. The molecule has 0 bridgehead atoms. The molecule has 0 amide bonds. The highest BCUT2D eigenvalue weighted by molar-refractivity contribution is 5.43. The number of rotatable bonds is 4. The maximum absolute atomic E-state index is 5.61. The molecule has 0 atom stereocenters. The van der Waals surface area contributed by atoms with Crippen molar-refractivity contribution >= 4 is 0 Å². The van der Waals surface area contributed by atoms with E-state index in [9.17, 15) is 0 Å². The number of aryl methyl sites for hydroxylation is 1. The van der Waals surface area contributed by atoms with Gasteiger partial charge in [-0.05, 0) is 49.9 Å². The number of hydrogen-bond acceptors (Lipinski definition) is 1. The van der Waals surface area contributed by atoms with Gasteiger partial charge in [0.2, 0.25) is 0 Å². The van der Waals surface area contributed by atoms with Crippen molar-refractivity contribution in [2.75, 3.05) is 6.61 Å². The van der Waals surface area contributed by atoms with Crippen LogP contribution in [0.5, 0.6) is 5.75 Å². The van der Waals surface area contributed by atoms with Crippen LogP contribution in [0.1, 0.15) is 55.7 Å². The van der Waals surface area contributed by atoms with Crippen molar-refractivity contribution in [2.24, 2.45) is 0 Å². The predicted octanol–water partition coefficient (Wildman–Crippen LogP) is 5.64. The molecular weight excluding hydrogens is 268 g/mol. The average Bonchev–Trinajstić information content (AvgIpc) is 2.56. The van der Waals surface area contributed by atoms with Crippen LogP contribution in [0.3, 0.4) is 0 Å². The van der Waals surface area contributed by atoms with E-state index in [1.54, 1.807) is 0 Å². The third kappa shape index (κ3) is 2.90. The Balaban J connectivity index is 2.02. The summed E-state index contributed by atoms with van der Waals surface area (Å²) in [5.41, 5.74) is 4.47. The summed E-state index contributed by atoms with van der Waals surface area (Å²) in [5.74, 6) is 0.974. The van der Waals surface area contributed by atoms with E-state index in [-0.39, 0.29) is 5.41 Å². The highest BCUT2D eigenvalue weighted by atomic mass is 16.5. The second-order valence-corrected chi connectivity index (χ2v) is 6.47. The van der Waals surface area contributed by atoms with Crippen molar-refractivity contribution < 1.29 is 4.74 Å². The zero-order valence-electron chi connectivity index (χ0n) is 13.8. The van der Waals surface area contributed by atoms with Crippen LogP contribution in [-0.4, -0.2) is 6.61 Å². The fourth-order valence-electron chi connectivity index (χ4n) is 3.88. The number of ether oxygens (including phenoxy) is 1. The summed E-state index contributed by atoms with van der Waals surface area (Å²) in [7, 11) is 0. The zero-order valence-corrected chi connectivity index (χ0v) is 13.8. The molecule has 1 saturated carbocycles. The molecular formula is C21H26O. The Hall–Kier alpha value is -1.76. The van der Waals surface area contributed by atoms with Crippen molar-refractivity contribution in [3.63, 3.8) is 0 Å². The van der Waals surface area contributed by atoms with Gasteiger partial charge in [-0.3, -0.25) is 0 Å². The highest BCUT2D eigenvalue weighted by Gasteiger charge is 2.35. The zero-order chi connectivity index (χ0) is 15.4. The van der Waals surface area contributed by atoms with E-state index in [0.717, 1.165) is 12.4 Å². The van der Waals surface area contributed by atoms with Gasteiger partial charge >= 0.3 is 0 Å². The van der Waals surface area contributed by atoms with Crippen molar-refractivity contribution in [1.29, 1.82) is 0 Å². The molecule has 1 aliphatic carbocycles. The van der Waals surface area contributed by atoms with Crippen LogP contribution in [0.25, 0.3) is 0 Å². The molecule has 1 aliphatic rings. The molecule has 0 N–H and O–H groups in total. The van der Waals surface area contributed by atoms with Crippen LogP contribution in [0, 0.1) is 6.92 Å². The lowest BCUT2D eigenvalue weighted by Crippen LogP contribution is -2.30. The Kier molecular flexibility index (Phi) is 4.52. The molecule has 0 radical (unpaired) electrons. The van der Waals surface area contributed by atoms with Gasteiger partial charge < -0.3 is 4.74 Å². The third-order valence-electron chi connectivity index (χ3n) is 5.00. The van der Waals surface area contributed by atoms with Gasteiger partial charge in [0.1, 0.15) is 5.75 Å². The first kappa shape index (κ1) is 15.1. The number of hydrogen-bond donors (Lipinski definition) is 0. The molecule has 0 spiro atoms. The Morgan fingerprint density at radius 3 is 2.27 bits per heavy atom. The molecule has 116 valence electrons. The Labute approximate surface area is 134 Å². The van der Waals surface area contributed by atoms with Gasteiger partial charge in [0.05, 0.1) is 6.61 Å². The summed E-state index contributed by atoms with van der Waals surface area (Å²) < 4.78 is 5.61. The molecule has 0 saturated heterocycles. The van der Waals surface area contributed by atoms with Gasteiger partial charge in [-0.2, -0.15) is 0 Å². The normalized spacial score (nSPS) is 17.2. The van der Waals surface area contributed by atoms with Gasteiger partial charge in [-0.25, -0.2) is 0 Å². The van der Waals surface area contributed by atoms with E-state index in [2.05, 4.69) is 55.5 Å². The standard InChI is InChI=1S/C21H26O/c1-3-22-20-12-10-18(11-13-20)21(14-5-4-6-15-21)19-9-7-8-17(2)16-19/h7-13,16H,3-6,14-15H2,1-2H3. The van der Waals surface area contributed by atoms with Crippen LogP contribution >= 0.6 is 0 Å². The summed E-state index contributed by atoms with van der Waals surface area (Å²) >= 11 is 0. The molecule has 1 nitrogen and oxygen atoms in total. The summed E-state index contributed by atoms with van der Waals surface area (Å²) in [6.45, 7) is 4.95. The summed E-state index contributed by atoms with van der Waals surface area (Å²) in [6, 6.07) is 17.9. The maximum Gasteiger partial charge on any atom is 0.119 e. The van der Waals surface area contributed by atoms with Crippen LogP contribution in [-0.2, 0) is 5.41 Å². The average molecular weight is 294 g/mol. The molecule has 1 heteroatoms. The van der Waals surface area contributed by atoms with Crippen molar-refractivity contribution in [3.05, 3.63) is 65.2 Å². The first-order chi connectivity index (χ1) is 10.7. The number of benzene rings is 2. The molecule has 1 fully saturated rings. The van der Waals surface area contributed by atoms with Crippen LogP contribution in [0.2, 0.25) is 0 Å². The third-order valence-corrected chi connectivity index (χ3v) is 5.00. The minimum atomic E-state index is 0.189. The van der Waals surface area contributed by atoms with E-state index in [4.69, 9.17) is 4.74 Å². The minimum absolute atomic E-state index is 0.189. The van der Waals surface area contributed by atoms with Crippen molar-refractivity contribution in [1.82, 2.24) is 0 Å². The predicted molar refractivity (Wildman–Crippen MR) is 92.7 cm³/mol. The Bertz CT molecular complexity index is 606. The molecule has 0 unspecified atom stereocenters. The van der Waals surface area contributed by atoms with E-state index >= 15 is 0 Å². The molecule has 22 heavy (non-hydrogen) atoms. The van der Waals surface area contributed by atoms with Crippen LogP contribution in [0.15, 0.2) is 48.5 Å². The second-order valence-electron chi connectivity index (χ2n) is 6.47. The van der Waals surface area contributed by atoms with Gasteiger partial charge in [0.15, 0.2) is 0 Å². The molecule has 2 aromatic rings. The van der Waals surface area contributed by atoms with Gasteiger partial charge in [0.25, 0.3) is 0 Å². The summed E-state index contributed by atoms with van der Waals surface area (Å²) in [4.78, 5) is 0. The van der Waals surface area contributed by atoms with Gasteiger partial charge in [-0.15, -0.1) is 0 Å². The quantitative estimate of drug-likeness (QED) is 0.708. The van der Waals surface area contributed by atoms with E-state index < -0.39 is 0 Å². The van der Waals surface area contributed by atoms with E-state index in [0.29, 0.717) is 0 Å². The maximum atomic E-state index is 5.61. The summed E-state index contributed by atoms with van der Waals surface area (Å²) in [5, 5.41) is 0. The van der Waals surface area contributed by atoms with Crippen molar-refractivity contribution in [3.8, 4) is 5.75 Å². The smallest absolute Gasteiger partial charge is 0.119 e. The Morgan fingerprint density at radius 1 is 0.909 bits per heavy atom. The lowest BCUT2D eigenvalue weighted by Gasteiger charge is -2.39. The van der Waals surface area contributed by atoms with E-state index in [1.807, 2.05) is 6.92 Å². The minimum Gasteiger partial charge on any atom is -0.494 e. The SMILES string of the molecule is CCOc1ccc(C2(c3cccc(C)c3)CCCCC2)cc1. The van der Waals surface area contributed by atoms with Gasteiger partial charge in [-0.1, -0.05) is 61.2 Å². The monoisotopic (exact) mass is 294 g/mol.